The number of nitrogens with zero attached hydrogens (tertiary/aromatic N) is 1. The van der Waals surface area contributed by atoms with Crippen LogP contribution in [0.2, 0.25) is 0 Å². The molecule has 0 saturated heterocycles. The number of carboxylic acids is 1. The molecule has 1 aromatic heterocycles. The van der Waals surface area contributed by atoms with Crippen LogP contribution in [-0.4, -0.2) is 29.1 Å². The van der Waals surface area contributed by atoms with Gasteiger partial charge in [-0.2, -0.15) is 0 Å². The summed E-state index contributed by atoms with van der Waals surface area (Å²) in [6, 6.07) is 1.98. The van der Waals surface area contributed by atoms with E-state index in [0.29, 0.717) is 6.54 Å². The number of aliphatic carboxylic acids is 1. The molecule has 5 heteroatoms. The lowest BCUT2D eigenvalue weighted by molar-refractivity contribution is -0.138. The van der Waals surface area contributed by atoms with Gasteiger partial charge in [0.2, 0.25) is 0 Å². The molecule has 1 aromatic rings. The minimum absolute atomic E-state index is 0.0981. The van der Waals surface area contributed by atoms with Crippen LogP contribution in [0.3, 0.4) is 0 Å². The fourth-order valence-corrected chi connectivity index (χ4v) is 2.63. The molecule has 14 heavy (non-hydrogen) atoms. The van der Waals surface area contributed by atoms with Gasteiger partial charge in [-0.1, -0.05) is 6.92 Å². The van der Waals surface area contributed by atoms with Crippen molar-refractivity contribution in [3.8, 4) is 0 Å². The number of carboxylic acid groups (broad SMARTS) is 1. The molecule has 1 heterocycles. The van der Waals surface area contributed by atoms with Gasteiger partial charge in [-0.25, -0.2) is 0 Å². The third-order valence-electron chi connectivity index (χ3n) is 1.86. The summed E-state index contributed by atoms with van der Waals surface area (Å²) in [5.41, 5.74) is 0. The predicted octanol–water partition coefficient (Wildman–Crippen LogP) is 2.42. The summed E-state index contributed by atoms with van der Waals surface area (Å²) in [7, 11) is 0. The minimum atomic E-state index is -0.778. The number of likely N-dealkylation sites (N-methyl/N-ethyl adjacent to an activating group) is 1. The van der Waals surface area contributed by atoms with Crippen molar-refractivity contribution in [1.82, 2.24) is 4.90 Å². The molecule has 0 aliphatic rings. The molecule has 0 spiro atoms. The third kappa shape index (κ3) is 3.40. The van der Waals surface area contributed by atoms with Crippen LogP contribution in [0.25, 0.3) is 0 Å². The van der Waals surface area contributed by atoms with Gasteiger partial charge in [0.25, 0.3) is 0 Å². The highest BCUT2D eigenvalue weighted by atomic mass is 79.9. The van der Waals surface area contributed by atoms with Crippen LogP contribution in [0.5, 0.6) is 0 Å². The first-order valence-corrected chi connectivity index (χ1v) is 5.96. The van der Waals surface area contributed by atoms with E-state index in [1.165, 1.54) is 4.88 Å². The summed E-state index contributed by atoms with van der Waals surface area (Å²) in [5, 5.41) is 10.7. The van der Waals surface area contributed by atoms with E-state index >= 15 is 0 Å². The number of rotatable bonds is 5. The lowest BCUT2D eigenvalue weighted by atomic mass is 10.4. The van der Waals surface area contributed by atoms with Crippen LogP contribution in [-0.2, 0) is 11.3 Å². The van der Waals surface area contributed by atoms with Gasteiger partial charge >= 0.3 is 5.97 Å². The van der Waals surface area contributed by atoms with Crippen molar-refractivity contribution in [3.63, 3.8) is 0 Å². The molecule has 0 bridgehead atoms. The molecule has 0 radical (unpaired) electrons. The summed E-state index contributed by atoms with van der Waals surface area (Å²) in [5.74, 6) is -0.778. The summed E-state index contributed by atoms with van der Waals surface area (Å²) in [6.07, 6.45) is 0. The van der Waals surface area contributed by atoms with E-state index in [1.807, 2.05) is 23.3 Å². The van der Waals surface area contributed by atoms with Crippen LogP contribution in [0.15, 0.2) is 15.9 Å². The smallest absolute Gasteiger partial charge is 0.317 e. The SMILES string of the molecule is CCN(CC(=O)O)Cc1sccc1Br. The highest BCUT2D eigenvalue weighted by molar-refractivity contribution is 9.10. The molecule has 1 N–H and O–H groups in total. The summed E-state index contributed by atoms with van der Waals surface area (Å²) < 4.78 is 1.06. The molecular formula is C9H12BrNO2S. The highest BCUT2D eigenvalue weighted by Crippen LogP contribution is 2.23. The van der Waals surface area contributed by atoms with Crippen molar-refractivity contribution in [3.05, 3.63) is 20.8 Å². The molecule has 0 aliphatic carbocycles. The Morgan fingerprint density at radius 1 is 1.71 bits per heavy atom. The quantitative estimate of drug-likeness (QED) is 0.899. The van der Waals surface area contributed by atoms with Gasteiger partial charge in [0.05, 0.1) is 6.54 Å². The molecular weight excluding hydrogens is 266 g/mol. The Balaban J connectivity index is 2.57. The minimum Gasteiger partial charge on any atom is -0.480 e. The maximum Gasteiger partial charge on any atom is 0.317 e. The average molecular weight is 278 g/mol. The molecule has 0 aliphatic heterocycles. The number of hydrogen-bond acceptors (Lipinski definition) is 3. The standard InChI is InChI=1S/C9H12BrNO2S/c1-2-11(6-9(12)13)5-8-7(10)3-4-14-8/h3-4H,2,5-6H2,1H3,(H,12,13). The number of thiophene rings is 1. The molecule has 0 atom stereocenters. The van der Waals surface area contributed by atoms with Gasteiger partial charge in [0, 0.05) is 15.9 Å². The lowest BCUT2D eigenvalue weighted by Crippen LogP contribution is -2.28. The zero-order chi connectivity index (χ0) is 10.6. The van der Waals surface area contributed by atoms with Crippen LogP contribution in [0, 0.1) is 0 Å². The molecule has 0 amide bonds. The van der Waals surface area contributed by atoms with E-state index in [2.05, 4.69) is 15.9 Å². The van der Waals surface area contributed by atoms with E-state index in [0.717, 1.165) is 11.0 Å². The van der Waals surface area contributed by atoms with Gasteiger partial charge in [-0.15, -0.1) is 11.3 Å². The Bertz CT molecular complexity index is 314. The maximum atomic E-state index is 10.5. The highest BCUT2D eigenvalue weighted by Gasteiger charge is 2.10. The summed E-state index contributed by atoms with van der Waals surface area (Å²) in [4.78, 5) is 13.6. The third-order valence-corrected chi connectivity index (χ3v) is 3.78. The van der Waals surface area contributed by atoms with Crippen LogP contribution in [0.4, 0.5) is 0 Å². The van der Waals surface area contributed by atoms with E-state index in [-0.39, 0.29) is 6.54 Å². The zero-order valence-electron chi connectivity index (χ0n) is 7.86. The van der Waals surface area contributed by atoms with E-state index in [9.17, 15) is 4.79 Å². The van der Waals surface area contributed by atoms with Crippen LogP contribution in [0.1, 0.15) is 11.8 Å². The van der Waals surface area contributed by atoms with Gasteiger partial charge in [0.1, 0.15) is 0 Å². The first-order chi connectivity index (χ1) is 6.63. The van der Waals surface area contributed by atoms with Gasteiger partial charge in [0.15, 0.2) is 0 Å². The molecule has 0 aromatic carbocycles. The van der Waals surface area contributed by atoms with Crippen molar-refractivity contribution in [1.29, 1.82) is 0 Å². The summed E-state index contributed by atoms with van der Waals surface area (Å²) in [6.45, 7) is 3.50. The zero-order valence-corrected chi connectivity index (χ0v) is 10.3. The average Bonchev–Trinajstić information content (AvgIpc) is 2.50. The Morgan fingerprint density at radius 2 is 2.43 bits per heavy atom. The number of carbonyl (C=O) groups is 1. The molecule has 1 rings (SSSR count). The van der Waals surface area contributed by atoms with Crippen molar-refractivity contribution in [2.24, 2.45) is 0 Å². The first-order valence-electron chi connectivity index (χ1n) is 4.29. The molecule has 0 saturated carbocycles. The molecule has 0 fully saturated rings. The Morgan fingerprint density at radius 3 is 2.86 bits per heavy atom. The topological polar surface area (TPSA) is 40.5 Å². The second-order valence-corrected chi connectivity index (χ2v) is 4.74. The monoisotopic (exact) mass is 277 g/mol. The Labute approximate surface area is 95.5 Å². The van der Waals surface area contributed by atoms with E-state index in [1.54, 1.807) is 11.3 Å². The van der Waals surface area contributed by atoms with E-state index < -0.39 is 5.97 Å². The molecule has 78 valence electrons. The van der Waals surface area contributed by atoms with Crippen LogP contribution >= 0.6 is 27.3 Å². The molecule has 3 nitrogen and oxygen atoms in total. The fourth-order valence-electron chi connectivity index (χ4n) is 1.11. The van der Waals surface area contributed by atoms with Crippen molar-refractivity contribution in [2.75, 3.05) is 13.1 Å². The normalized spacial score (nSPS) is 10.8. The van der Waals surface area contributed by atoms with Gasteiger partial charge < -0.3 is 5.11 Å². The van der Waals surface area contributed by atoms with E-state index in [4.69, 9.17) is 5.11 Å². The van der Waals surface area contributed by atoms with Crippen LogP contribution < -0.4 is 0 Å². The van der Waals surface area contributed by atoms with Gasteiger partial charge in [-0.3, -0.25) is 9.69 Å². The van der Waals surface area contributed by atoms with Crippen molar-refractivity contribution in [2.45, 2.75) is 13.5 Å². The maximum absolute atomic E-state index is 10.5. The second kappa shape index (κ2) is 5.48. The predicted molar refractivity (Wildman–Crippen MR) is 60.6 cm³/mol. The largest absolute Gasteiger partial charge is 0.480 e. The molecule has 0 unspecified atom stereocenters. The number of hydrogen-bond donors (Lipinski definition) is 1. The second-order valence-electron chi connectivity index (χ2n) is 2.89. The fraction of sp³-hybridized carbons (Fsp3) is 0.444. The number of halogens is 1. The van der Waals surface area contributed by atoms with Crippen molar-refractivity contribution < 1.29 is 9.90 Å². The van der Waals surface area contributed by atoms with Crippen molar-refractivity contribution >= 4 is 33.2 Å². The summed E-state index contributed by atoms with van der Waals surface area (Å²) >= 11 is 5.07. The Hall–Kier alpha value is -0.390. The first kappa shape index (κ1) is 11.7. The van der Waals surface area contributed by atoms with Gasteiger partial charge in [-0.05, 0) is 33.9 Å². The lowest BCUT2D eigenvalue weighted by Gasteiger charge is -2.16. The Kier molecular flexibility index (Phi) is 4.57.